The van der Waals surface area contributed by atoms with Crippen molar-refractivity contribution in [1.29, 1.82) is 0 Å². The van der Waals surface area contributed by atoms with Crippen molar-refractivity contribution in [3.8, 4) is 0 Å². The van der Waals surface area contributed by atoms with Crippen LogP contribution in [0.15, 0.2) is 0 Å². The Hall–Kier alpha value is 0.230. The number of ether oxygens (including phenoxy) is 1. The molecule has 3 heterocycles. The maximum absolute atomic E-state index is 5.85. The first-order chi connectivity index (χ1) is 8.92. The molecule has 0 aromatic rings. The van der Waals surface area contributed by atoms with Crippen LogP contribution < -0.4 is 0 Å². The molecular formula is C14H26N2OS. The summed E-state index contributed by atoms with van der Waals surface area (Å²) in [7, 11) is 0. The summed E-state index contributed by atoms with van der Waals surface area (Å²) in [4.78, 5) is 5.34. The monoisotopic (exact) mass is 270 g/mol. The maximum Gasteiger partial charge on any atom is 0.0702 e. The number of rotatable bonds is 3. The van der Waals surface area contributed by atoms with E-state index < -0.39 is 0 Å². The van der Waals surface area contributed by atoms with Crippen molar-refractivity contribution in [2.45, 2.75) is 37.8 Å². The maximum atomic E-state index is 5.85. The van der Waals surface area contributed by atoms with Crippen molar-refractivity contribution >= 4 is 11.8 Å². The highest BCUT2D eigenvalue weighted by Crippen LogP contribution is 2.23. The summed E-state index contributed by atoms with van der Waals surface area (Å²) >= 11 is 2.13. The van der Waals surface area contributed by atoms with Crippen LogP contribution in [0, 0.1) is 0 Å². The Morgan fingerprint density at radius 3 is 2.61 bits per heavy atom. The Morgan fingerprint density at radius 2 is 1.94 bits per heavy atom. The molecule has 3 fully saturated rings. The second kappa shape index (κ2) is 6.60. The Labute approximate surface area is 115 Å². The lowest BCUT2D eigenvalue weighted by Gasteiger charge is -2.39. The highest BCUT2D eigenvalue weighted by Gasteiger charge is 2.27. The van der Waals surface area contributed by atoms with Crippen molar-refractivity contribution in [2.24, 2.45) is 0 Å². The standard InChI is InChI=1S/C14H26N2OS/c1-2-9-17-14(3-1)11-15-5-7-16(8-6-15)13-4-10-18-12-13/h13-14H,1-12H2. The minimum atomic E-state index is 0.521. The molecule has 0 amide bonds. The highest BCUT2D eigenvalue weighted by molar-refractivity contribution is 7.99. The first-order valence-corrected chi connectivity index (χ1v) is 8.73. The number of piperazine rings is 1. The molecular weight excluding hydrogens is 244 g/mol. The van der Waals surface area contributed by atoms with Gasteiger partial charge in [-0.25, -0.2) is 0 Å². The molecule has 3 aliphatic heterocycles. The normalized spacial score (nSPS) is 36.0. The zero-order chi connectivity index (χ0) is 12.2. The van der Waals surface area contributed by atoms with E-state index in [9.17, 15) is 0 Å². The molecule has 0 aliphatic carbocycles. The third kappa shape index (κ3) is 3.41. The van der Waals surface area contributed by atoms with Crippen LogP contribution in [-0.4, -0.2) is 72.8 Å². The second-order valence-corrected chi connectivity index (χ2v) is 6.99. The summed E-state index contributed by atoms with van der Waals surface area (Å²) in [6.07, 6.45) is 5.84. The topological polar surface area (TPSA) is 15.7 Å². The van der Waals surface area contributed by atoms with E-state index in [0.29, 0.717) is 6.10 Å². The van der Waals surface area contributed by atoms with Crippen LogP contribution >= 0.6 is 11.8 Å². The summed E-state index contributed by atoms with van der Waals surface area (Å²) < 4.78 is 5.85. The van der Waals surface area contributed by atoms with Crippen molar-refractivity contribution in [2.75, 3.05) is 50.8 Å². The van der Waals surface area contributed by atoms with Gasteiger partial charge >= 0.3 is 0 Å². The van der Waals surface area contributed by atoms with Gasteiger partial charge in [0.25, 0.3) is 0 Å². The quantitative estimate of drug-likeness (QED) is 0.775. The average molecular weight is 270 g/mol. The summed E-state index contributed by atoms with van der Waals surface area (Å²) in [6.45, 7) is 7.22. The summed E-state index contributed by atoms with van der Waals surface area (Å²) in [5.74, 6) is 2.74. The van der Waals surface area contributed by atoms with Crippen LogP contribution in [0.25, 0.3) is 0 Å². The van der Waals surface area contributed by atoms with Gasteiger partial charge in [-0.2, -0.15) is 11.8 Å². The first kappa shape index (κ1) is 13.2. The zero-order valence-electron chi connectivity index (χ0n) is 11.4. The van der Waals surface area contributed by atoms with Gasteiger partial charge in [0.15, 0.2) is 0 Å². The van der Waals surface area contributed by atoms with Crippen molar-refractivity contribution in [1.82, 2.24) is 9.80 Å². The van der Waals surface area contributed by atoms with Crippen LogP contribution in [0.4, 0.5) is 0 Å². The second-order valence-electron chi connectivity index (χ2n) is 5.84. The third-order valence-electron chi connectivity index (χ3n) is 4.56. The van der Waals surface area contributed by atoms with Gasteiger partial charge in [0.1, 0.15) is 0 Å². The van der Waals surface area contributed by atoms with E-state index in [1.807, 2.05) is 0 Å². The van der Waals surface area contributed by atoms with E-state index in [1.165, 1.54) is 69.9 Å². The molecule has 104 valence electrons. The fraction of sp³-hybridized carbons (Fsp3) is 1.00. The highest BCUT2D eigenvalue weighted by atomic mass is 32.2. The fourth-order valence-corrected chi connectivity index (χ4v) is 4.62. The number of thioether (sulfide) groups is 1. The molecule has 0 radical (unpaired) electrons. The minimum absolute atomic E-state index is 0.521. The van der Waals surface area contributed by atoms with E-state index in [4.69, 9.17) is 4.74 Å². The van der Waals surface area contributed by atoms with Gasteiger partial charge in [0.05, 0.1) is 6.10 Å². The molecule has 2 unspecified atom stereocenters. The molecule has 0 N–H and O–H groups in total. The van der Waals surface area contributed by atoms with Gasteiger partial charge < -0.3 is 4.74 Å². The number of hydrogen-bond donors (Lipinski definition) is 0. The lowest BCUT2D eigenvalue weighted by Crippen LogP contribution is -2.52. The third-order valence-corrected chi connectivity index (χ3v) is 5.71. The zero-order valence-corrected chi connectivity index (χ0v) is 12.2. The molecule has 0 saturated carbocycles. The van der Waals surface area contributed by atoms with Gasteiger partial charge in [0.2, 0.25) is 0 Å². The molecule has 3 rings (SSSR count). The number of hydrogen-bond acceptors (Lipinski definition) is 4. The molecule has 18 heavy (non-hydrogen) atoms. The molecule has 0 bridgehead atoms. The summed E-state index contributed by atoms with van der Waals surface area (Å²) in [6, 6.07) is 0.878. The predicted octanol–water partition coefficient (Wildman–Crippen LogP) is 1.68. The average Bonchev–Trinajstić information content (AvgIpc) is 2.95. The van der Waals surface area contributed by atoms with Gasteiger partial charge in [-0.15, -0.1) is 0 Å². The van der Waals surface area contributed by atoms with Crippen LogP contribution in [0.2, 0.25) is 0 Å². The molecule has 0 aromatic carbocycles. The minimum Gasteiger partial charge on any atom is -0.377 e. The van der Waals surface area contributed by atoms with Gasteiger partial charge in [-0.05, 0) is 31.4 Å². The van der Waals surface area contributed by atoms with E-state index in [2.05, 4.69) is 21.6 Å². The molecule has 3 saturated heterocycles. The smallest absolute Gasteiger partial charge is 0.0702 e. The molecule has 3 nitrogen and oxygen atoms in total. The first-order valence-electron chi connectivity index (χ1n) is 7.57. The fourth-order valence-electron chi connectivity index (χ4n) is 3.36. The SMILES string of the molecule is C1CCC(CN2CCN(C3CCSC3)CC2)OC1. The largest absolute Gasteiger partial charge is 0.377 e. The molecule has 2 atom stereocenters. The van der Waals surface area contributed by atoms with Crippen LogP contribution in [0.1, 0.15) is 25.7 Å². The number of nitrogens with zero attached hydrogens (tertiary/aromatic N) is 2. The van der Waals surface area contributed by atoms with E-state index in [-0.39, 0.29) is 0 Å². The van der Waals surface area contributed by atoms with Gasteiger partial charge in [-0.3, -0.25) is 9.80 Å². The Bertz CT molecular complexity index is 244. The lowest BCUT2D eigenvalue weighted by molar-refractivity contribution is -0.0162. The van der Waals surface area contributed by atoms with Gasteiger partial charge in [0, 0.05) is 51.1 Å². The Kier molecular flexibility index (Phi) is 4.85. The Morgan fingerprint density at radius 1 is 1.06 bits per heavy atom. The van der Waals surface area contributed by atoms with Crippen LogP contribution in [0.5, 0.6) is 0 Å². The predicted molar refractivity (Wildman–Crippen MR) is 77.3 cm³/mol. The molecule has 0 aromatic heterocycles. The molecule has 4 heteroatoms. The Balaban J connectivity index is 1.39. The van der Waals surface area contributed by atoms with Crippen molar-refractivity contribution in [3.63, 3.8) is 0 Å². The van der Waals surface area contributed by atoms with E-state index in [1.54, 1.807) is 0 Å². The van der Waals surface area contributed by atoms with Gasteiger partial charge in [-0.1, -0.05) is 0 Å². The summed E-state index contributed by atoms with van der Waals surface area (Å²) in [5, 5.41) is 0. The van der Waals surface area contributed by atoms with Crippen LogP contribution in [0.3, 0.4) is 0 Å². The van der Waals surface area contributed by atoms with Crippen molar-refractivity contribution in [3.05, 3.63) is 0 Å². The molecule has 3 aliphatic rings. The lowest BCUT2D eigenvalue weighted by atomic mass is 10.1. The van der Waals surface area contributed by atoms with Crippen LogP contribution in [-0.2, 0) is 4.74 Å². The van der Waals surface area contributed by atoms with E-state index >= 15 is 0 Å². The van der Waals surface area contributed by atoms with E-state index in [0.717, 1.165) is 12.6 Å². The summed E-state index contributed by atoms with van der Waals surface area (Å²) in [5.41, 5.74) is 0. The van der Waals surface area contributed by atoms with Crippen molar-refractivity contribution < 1.29 is 4.74 Å². The molecule has 0 spiro atoms.